The molecule has 4 aromatic rings. The van der Waals surface area contributed by atoms with E-state index in [0.717, 1.165) is 11.0 Å². The first-order valence-electron chi connectivity index (χ1n) is 7.92. The van der Waals surface area contributed by atoms with Crippen molar-refractivity contribution >= 4 is 17.0 Å². The minimum absolute atomic E-state index is 0.137. The molecule has 26 heavy (non-hydrogen) atoms. The fraction of sp³-hybridized carbons (Fsp3) is 0.111. The number of hydrogen-bond acceptors (Lipinski definition) is 7. The number of aryl methyl sites for hydroxylation is 1. The summed E-state index contributed by atoms with van der Waals surface area (Å²) in [5, 5.41) is 0. The molecule has 0 bridgehead atoms. The lowest BCUT2D eigenvalue weighted by Gasteiger charge is -2.10. The van der Waals surface area contributed by atoms with Crippen LogP contribution >= 0.6 is 0 Å². The first kappa shape index (κ1) is 15.8. The highest BCUT2D eigenvalue weighted by atomic mass is 16.5. The normalized spacial score (nSPS) is 10.8. The van der Waals surface area contributed by atoms with E-state index >= 15 is 0 Å². The summed E-state index contributed by atoms with van der Waals surface area (Å²) >= 11 is 0. The topological polar surface area (TPSA) is 101 Å². The number of para-hydroxylation sites is 2. The molecule has 0 spiro atoms. The molecule has 0 amide bonds. The van der Waals surface area contributed by atoms with Gasteiger partial charge in [-0.3, -0.25) is 0 Å². The van der Waals surface area contributed by atoms with E-state index < -0.39 is 0 Å². The van der Waals surface area contributed by atoms with E-state index in [1.54, 1.807) is 24.7 Å². The molecule has 4 rings (SSSR count). The largest absolute Gasteiger partial charge is 0.497 e. The minimum Gasteiger partial charge on any atom is -0.497 e. The molecule has 0 saturated heterocycles. The summed E-state index contributed by atoms with van der Waals surface area (Å²) in [4.78, 5) is 17.2. The van der Waals surface area contributed by atoms with Crippen LogP contribution in [0.15, 0.2) is 48.5 Å². The van der Waals surface area contributed by atoms with Crippen LogP contribution in [0.4, 0.5) is 5.95 Å². The molecule has 8 heteroatoms. The van der Waals surface area contributed by atoms with Gasteiger partial charge in [0.15, 0.2) is 0 Å². The molecule has 0 aliphatic carbocycles. The summed E-state index contributed by atoms with van der Waals surface area (Å²) in [6.45, 7) is 1.75. The van der Waals surface area contributed by atoms with Crippen molar-refractivity contribution in [1.29, 1.82) is 0 Å². The van der Waals surface area contributed by atoms with Crippen LogP contribution in [0.25, 0.3) is 17.0 Å². The highest BCUT2D eigenvalue weighted by Crippen LogP contribution is 2.29. The number of anilines is 1. The molecule has 0 unspecified atom stereocenters. The van der Waals surface area contributed by atoms with E-state index in [9.17, 15) is 0 Å². The lowest BCUT2D eigenvalue weighted by atomic mass is 10.3. The molecule has 0 aliphatic heterocycles. The molecular weight excluding hydrogens is 332 g/mol. The van der Waals surface area contributed by atoms with Crippen LogP contribution in [-0.4, -0.2) is 31.6 Å². The Bertz CT molecular complexity index is 1070. The number of methoxy groups -OCH3 is 1. The van der Waals surface area contributed by atoms with E-state index in [1.807, 2.05) is 42.5 Å². The standard InChI is InChI=1S/C18H16N6O2/c1-11-20-16(19)23-17(21-11)24-15-9-4-3-8-14(15)22-18(24)26-13-7-5-6-12(10-13)25-2/h3-10H,1-2H3,(H2,19,20,21,23). The fourth-order valence-corrected chi connectivity index (χ4v) is 2.62. The summed E-state index contributed by atoms with van der Waals surface area (Å²) in [5.41, 5.74) is 7.35. The molecule has 2 aromatic carbocycles. The second kappa shape index (κ2) is 6.32. The quantitative estimate of drug-likeness (QED) is 0.605. The maximum absolute atomic E-state index is 6.00. The van der Waals surface area contributed by atoms with Crippen LogP contribution in [0.2, 0.25) is 0 Å². The van der Waals surface area contributed by atoms with Crippen molar-refractivity contribution in [2.24, 2.45) is 0 Å². The van der Waals surface area contributed by atoms with Crippen LogP contribution in [0.1, 0.15) is 5.82 Å². The zero-order valence-corrected chi connectivity index (χ0v) is 14.2. The predicted molar refractivity (Wildman–Crippen MR) is 96.7 cm³/mol. The molecule has 0 fully saturated rings. The van der Waals surface area contributed by atoms with Crippen molar-refractivity contribution < 1.29 is 9.47 Å². The van der Waals surface area contributed by atoms with E-state index in [0.29, 0.717) is 29.3 Å². The molecule has 8 nitrogen and oxygen atoms in total. The number of ether oxygens (including phenoxy) is 2. The van der Waals surface area contributed by atoms with E-state index in [2.05, 4.69) is 19.9 Å². The van der Waals surface area contributed by atoms with Crippen molar-refractivity contribution in [2.75, 3.05) is 12.8 Å². The van der Waals surface area contributed by atoms with E-state index in [4.69, 9.17) is 15.2 Å². The Balaban J connectivity index is 1.88. The fourth-order valence-electron chi connectivity index (χ4n) is 2.62. The Hall–Kier alpha value is -3.68. The van der Waals surface area contributed by atoms with Crippen LogP contribution in [0.3, 0.4) is 0 Å². The van der Waals surface area contributed by atoms with Crippen molar-refractivity contribution in [3.05, 3.63) is 54.4 Å². The van der Waals surface area contributed by atoms with Gasteiger partial charge in [0.25, 0.3) is 0 Å². The number of nitrogens with zero attached hydrogens (tertiary/aromatic N) is 5. The predicted octanol–water partition coefficient (Wildman–Crippen LogP) is 2.90. The molecule has 2 aromatic heterocycles. The SMILES string of the molecule is COc1cccc(Oc2nc3ccccc3n2-c2nc(C)nc(N)n2)c1. The van der Waals surface area contributed by atoms with Crippen LogP contribution in [-0.2, 0) is 0 Å². The Kier molecular flexibility index (Phi) is 3.85. The van der Waals surface area contributed by atoms with Gasteiger partial charge < -0.3 is 15.2 Å². The van der Waals surface area contributed by atoms with Gasteiger partial charge in [-0.25, -0.2) is 4.57 Å². The van der Waals surface area contributed by atoms with Gasteiger partial charge in [-0.2, -0.15) is 19.9 Å². The summed E-state index contributed by atoms with van der Waals surface area (Å²) in [7, 11) is 1.60. The van der Waals surface area contributed by atoms with Gasteiger partial charge in [-0.15, -0.1) is 0 Å². The highest BCUT2D eigenvalue weighted by Gasteiger charge is 2.17. The van der Waals surface area contributed by atoms with Crippen LogP contribution in [0, 0.1) is 6.92 Å². The average Bonchev–Trinajstić information content (AvgIpc) is 2.98. The molecular formula is C18H16N6O2. The number of imidazole rings is 1. The van der Waals surface area contributed by atoms with Crippen molar-refractivity contribution in [2.45, 2.75) is 6.92 Å². The molecule has 2 N–H and O–H groups in total. The zero-order valence-electron chi connectivity index (χ0n) is 14.2. The molecule has 130 valence electrons. The maximum atomic E-state index is 6.00. The first-order chi connectivity index (χ1) is 12.6. The first-order valence-corrected chi connectivity index (χ1v) is 7.92. The summed E-state index contributed by atoms with van der Waals surface area (Å²) in [6, 6.07) is 15.2. The lowest BCUT2D eigenvalue weighted by molar-refractivity contribution is 0.402. The number of hydrogen-bond donors (Lipinski definition) is 1. The smallest absolute Gasteiger partial charge is 0.310 e. The minimum atomic E-state index is 0.137. The average molecular weight is 348 g/mol. The lowest BCUT2D eigenvalue weighted by Crippen LogP contribution is -2.08. The molecule has 0 atom stereocenters. The van der Waals surface area contributed by atoms with Crippen LogP contribution < -0.4 is 15.2 Å². The number of nitrogens with two attached hydrogens (primary N) is 1. The summed E-state index contributed by atoms with van der Waals surface area (Å²) in [5.74, 6) is 2.27. The van der Waals surface area contributed by atoms with Gasteiger partial charge in [0.2, 0.25) is 11.9 Å². The molecule has 0 saturated carbocycles. The second-order valence-electron chi connectivity index (χ2n) is 5.54. The Morgan fingerprint density at radius 3 is 2.54 bits per heavy atom. The molecule has 0 aliphatic rings. The Morgan fingerprint density at radius 1 is 0.923 bits per heavy atom. The highest BCUT2D eigenvalue weighted by molar-refractivity contribution is 5.78. The van der Waals surface area contributed by atoms with E-state index in [1.165, 1.54) is 0 Å². The van der Waals surface area contributed by atoms with Gasteiger partial charge in [0, 0.05) is 6.07 Å². The van der Waals surface area contributed by atoms with Gasteiger partial charge in [-0.1, -0.05) is 18.2 Å². The van der Waals surface area contributed by atoms with Gasteiger partial charge >= 0.3 is 6.01 Å². The van der Waals surface area contributed by atoms with E-state index in [-0.39, 0.29) is 5.95 Å². The summed E-state index contributed by atoms with van der Waals surface area (Å²) < 4.78 is 13.0. The van der Waals surface area contributed by atoms with Gasteiger partial charge in [0.1, 0.15) is 17.3 Å². The number of aromatic nitrogens is 5. The Labute approximate surface area is 149 Å². The zero-order chi connectivity index (χ0) is 18.1. The number of nitrogen functional groups attached to an aromatic ring is 1. The third-order valence-corrected chi connectivity index (χ3v) is 3.73. The van der Waals surface area contributed by atoms with Gasteiger partial charge in [0.05, 0.1) is 18.1 Å². The van der Waals surface area contributed by atoms with Gasteiger partial charge in [-0.05, 0) is 31.2 Å². The van der Waals surface area contributed by atoms with Crippen molar-refractivity contribution in [3.63, 3.8) is 0 Å². The van der Waals surface area contributed by atoms with Crippen LogP contribution in [0.5, 0.6) is 17.5 Å². The molecule has 0 radical (unpaired) electrons. The number of rotatable bonds is 4. The van der Waals surface area contributed by atoms with Crippen molar-refractivity contribution in [1.82, 2.24) is 24.5 Å². The number of fused-ring (bicyclic) bond motifs is 1. The molecule has 2 heterocycles. The van der Waals surface area contributed by atoms with Crippen molar-refractivity contribution in [3.8, 4) is 23.5 Å². The number of benzene rings is 2. The monoisotopic (exact) mass is 348 g/mol. The Morgan fingerprint density at radius 2 is 1.73 bits per heavy atom. The second-order valence-corrected chi connectivity index (χ2v) is 5.54. The third kappa shape index (κ3) is 2.88. The summed E-state index contributed by atoms with van der Waals surface area (Å²) in [6.07, 6.45) is 0. The third-order valence-electron chi connectivity index (χ3n) is 3.73. The maximum Gasteiger partial charge on any atom is 0.310 e.